The number of nitrogens with zero attached hydrogens (tertiary/aromatic N) is 2. The Morgan fingerprint density at radius 3 is 2.57 bits per heavy atom. The average Bonchev–Trinajstić information content (AvgIpc) is 2.63. The van der Waals surface area contributed by atoms with Crippen LogP contribution in [0.25, 0.3) is 0 Å². The molecule has 0 bridgehead atoms. The summed E-state index contributed by atoms with van der Waals surface area (Å²) in [7, 11) is 2.23. The zero-order valence-corrected chi connectivity index (χ0v) is 13.6. The van der Waals surface area contributed by atoms with Gasteiger partial charge < -0.3 is 10.6 Å². The molecule has 4 atom stereocenters. The largest absolute Gasteiger partial charge is 0.323 e. The van der Waals surface area contributed by atoms with E-state index < -0.39 is 0 Å². The monoisotopic (exact) mass is 287 g/mol. The smallest absolute Gasteiger partial charge is 0.0456 e. The van der Waals surface area contributed by atoms with Crippen LogP contribution in [0.1, 0.15) is 49.8 Å². The second-order valence-corrected chi connectivity index (χ2v) is 7.06. The quantitative estimate of drug-likeness (QED) is 0.862. The molecule has 0 saturated carbocycles. The SMILES string of the molecule is CC1CC(N2CCCN(C)CC2C)C(N)c2ccccc21. The predicted molar refractivity (Wildman–Crippen MR) is 88.5 cm³/mol. The van der Waals surface area contributed by atoms with Crippen LogP contribution in [0.15, 0.2) is 24.3 Å². The number of nitrogens with two attached hydrogens (primary N) is 1. The summed E-state index contributed by atoms with van der Waals surface area (Å²) in [6.45, 7) is 8.25. The standard InChI is InChI=1S/C18H29N3/c1-13-11-17(18(19)16-8-5-4-7-15(13)16)21-10-6-9-20(3)12-14(21)2/h4-5,7-8,13-14,17-18H,6,9-12,19H2,1-3H3. The second kappa shape index (κ2) is 6.07. The molecule has 0 radical (unpaired) electrons. The van der Waals surface area contributed by atoms with Crippen molar-refractivity contribution < 1.29 is 0 Å². The lowest BCUT2D eigenvalue weighted by molar-refractivity contribution is 0.106. The normalized spacial score (nSPS) is 35.2. The number of benzene rings is 1. The van der Waals surface area contributed by atoms with E-state index >= 15 is 0 Å². The molecule has 1 aromatic rings. The first kappa shape index (κ1) is 15.0. The van der Waals surface area contributed by atoms with Gasteiger partial charge in [-0.15, -0.1) is 0 Å². The van der Waals surface area contributed by atoms with Crippen molar-refractivity contribution in [1.82, 2.24) is 9.80 Å². The van der Waals surface area contributed by atoms with Crippen LogP contribution in [0, 0.1) is 0 Å². The number of likely N-dealkylation sites (N-methyl/N-ethyl adjacent to an activating group) is 1. The Morgan fingerprint density at radius 2 is 1.81 bits per heavy atom. The highest BCUT2D eigenvalue weighted by Crippen LogP contribution is 2.39. The van der Waals surface area contributed by atoms with Gasteiger partial charge in [0.15, 0.2) is 0 Å². The van der Waals surface area contributed by atoms with Gasteiger partial charge in [0.1, 0.15) is 0 Å². The molecule has 0 aromatic heterocycles. The molecule has 3 nitrogen and oxygen atoms in total. The Balaban J connectivity index is 1.86. The van der Waals surface area contributed by atoms with Crippen molar-refractivity contribution in [3.05, 3.63) is 35.4 Å². The van der Waals surface area contributed by atoms with Gasteiger partial charge >= 0.3 is 0 Å². The van der Waals surface area contributed by atoms with E-state index in [-0.39, 0.29) is 6.04 Å². The van der Waals surface area contributed by atoms with Crippen molar-refractivity contribution in [2.24, 2.45) is 5.73 Å². The third kappa shape index (κ3) is 2.87. The van der Waals surface area contributed by atoms with Crippen LogP contribution in [0.2, 0.25) is 0 Å². The first-order valence-corrected chi connectivity index (χ1v) is 8.36. The number of hydrogen-bond donors (Lipinski definition) is 1. The fourth-order valence-corrected chi connectivity index (χ4v) is 4.33. The van der Waals surface area contributed by atoms with E-state index in [9.17, 15) is 0 Å². The molecule has 116 valence electrons. The Morgan fingerprint density at radius 1 is 1.10 bits per heavy atom. The number of fused-ring (bicyclic) bond motifs is 1. The Hall–Kier alpha value is -0.900. The zero-order valence-electron chi connectivity index (χ0n) is 13.6. The first-order valence-electron chi connectivity index (χ1n) is 8.36. The third-order valence-electron chi connectivity index (χ3n) is 5.42. The van der Waals surface area contributed by atoms with Gasteiger partial charge in [0.2, 0.25) is 0 Å². The van der Waals surface area contributed by atoms with Crippen molar-refractivity contribution in [3.8, 4) is 0 Å². The molecule has 1 saturated heterocycles. The molecule has 3 rings (SSSR count). The summed E-state index contributed by atoms with van der Waals surface area (Å²) in [5.41, 5.74) is 9.50. The van der Waals surface area contributed by atoms with Gasteiger partial charge in [-0.1, -0.05) is 31.2 Å². The van der Waals surface area contributed by atoms with Crippen molar-refractivity contribution in [2.45, 2.75) is 50.7 Å². The van der Waals surface area contributed by atoms with E-state index in [1.54, 1.807) is 0 Å². The lowest BCUT2D eigenvalue weighted by Gasteiger charge is -2.44. The fraction of sp³-hybridized carbons (Fsp3) is 0.667. The van der Waals surface area contributed by atoms with Crippen LogP contribution in [0.3, 0.4) is 0 Å². The van der Waals surface area contributed by atoms with E-state index in [1.807, 2.05) is 0 Å². The Bertz CT molecular complexity index is 487. The number of hydrogen-bond acceptors (Lipinski definition) is 3. The molecule has 4 unspecified atom stereocenters. The minimum atomic E-state index is 0.156. The lowest BCUT2D eigenvalue weighted by Crippen LogP contribution is -2.51. The molecule has 1 heterocycles. The molecule has 1 aliphatic carbocycles. The predicted octanol–water partition coefficient (Wildman–Crippen LogP) is 2.59. The van der Waals surface area contributed by atoms with E-state index in [0.29, 0.717) is 18.0 Å². The molecule has 0 spiro atoms. The summed E-state index contributed by atoms with van der Waals surface area (Å²) in [6.07, 6.45) is 2.44. The van der Waals surface area contributed by atoms with Gasteiger partial charge in [-0.05, 0) is 50.4 Å². The summed E-state index contributed by atoms with van der Waals surface area (Å²) >= 11 is 0. The molecule has 1 fully saturated rings. The van der Waals surface area contributed by atoms with E-state index in [2.05, 4.69) is 55.0 Å². The van der Waals surface area contributed by atoms with Crippen LogP contribution in [-0.2, 0) is 0 Å². The van der Waals surface area contributed by atoms with Crippen LogP contribution in [0.5, 0.6) is 0 Å². The summed E-state index contributed by atoms with van der Waals surface area (Å²) in [5.74, 6) is 0.610. The van der Waals surface area contributed by atoms with Gasteiger partial charge in [0.25, 0.3) is 0 Å². The lowest BCUT2D eigenvalue weighted by atomic mass is 9.77. The topological polar surface area (TPSA) is 32.5 Å². The van der Waals surface area contributed by atoms with Gasteiger partial charge in [-0.25, -0.2) is 0 Å². The number of rotatable bonds is 1. The van der Waals surface area contributed by atoms with E-state index in [1.165, 1.54) is 37.1 Å². The van der Waals surface area contributed by atoms with Crippen molar-refractivity contribution in [2.75, 3.05) is 26.7 Å². The van der Waals surface area contributed by atoms with Crippen LogP contribution in [0.4, 0.5) is 0 Å². The first-order chi connectivity index (χ1) is 10.1. The second-order valence-electron chi connectivity index (χ2n) is 7.06. The molecule has 1 aliphatic heterocycles. The zero-order chi connectivity index (χ0) is 15.0. The van der Waals surface area contributed by atoms with Gasteiger partial charge in [0, 0.05) is 31.2 Å². The Labute approximate surface area is 129 Å². The van der Waals surface area contributed by atoms with Crippen LogP contribution in [-0.4, -0.2) is 48.6 Å². The molecular weight excluding hydrogens is 258 g/mol. The van der Waals surface area contributed by atoms with Crippen molar-refractivity contribution in [1.29, 1.82) is 0 Å². The van der Waals surface area contributed by atoms with Crippen LogP contribution < -0.4 is 5.73 Å². The minimum absolute atomic E-state index is 0.156. The fourth-order valence-electron chi connectivity index (χ4n) is 4.33. The molecule has 3 heteroatoms. The summed E-state index contributed by atoms with van der Waals surface area (Å²) < 4.78 is 0. The van der Waals surface area contributed by atoms with Gasteiger partial charge in [-0.3, -0.25) is 4.90 Å². The maximum atomic E-state index is 6.68. The van der Waals surface area contributed by atoms with Gasteiger partial charge in [-0.2, -0.15) is 0 Å². The molecule has 2 aliphatic rings. The molecule has 0 amide bonds. The van der Waals surface area contributed by atoms with E-state index in [0.717, 1.165) is 6.54 Å². The maximum absolute atomic E-state index is 6.68. The Kier molecular flexibility index (Phi) is 4.34. The summed E-state index contributed by atoms with van der Waals surface area (Å²) in [5, 5.41) is 0. The average molecular weight is 287 g/mol. The summed E-state index contributed by atoms with van der Waals surface area (Å²) in [4.78, 5) is 5.14. The molecule has 2 N–H and O–H groups in total. The highest BCUT2D eigenvalue weighted by Gasteiger charge is 2.36. The van der Waals surface area contributed by atoms with Crippen molar-refractivity contribution in [3.63, 3.8) is 0 Å². The van der Waals surface area contributed by atoms with Crippen LogP contribution >= 0.6 is 0 Å². The minimum Gasteiger partial charge on any atom is -0.323 e. The van der Waals surface area contributed by atoms with Crippen molar-refractivity contribution >= 4 is 0 Å². The molecular formula is C18H29N3. The highest BCUT2D eigenvalue weighted by atomic mass is 15.3. The third-order valence-corrected chi connectivity index (χ3v) is 5.42. The van der Waals surface area contributed by atoms with E-state index in [4.69, 9.17) is 5.73 Å². The van der Waals surface area contributed by atoms with Gasteiger partial charge in [0.05, 0.1) is 0 Å². The molecule has 21 heavy (non-hydrogen) atoms. The summed E-state index contributed by atoms with van der Waals surface area (Å²) in [6, 6.07) is 10.00. The highest BCUT2D eigenvalue weighted by molar-refractivity contribution is 5.36. The maximum Gasteiger partial charge on any atom is 0.0456 e. The molecule has 1 aromatic carbocycles.